The summed E-state index contributed by atoms with van der Waals surface area (Å²) in [5.74, 6) is 0.0790. The van der Waals surface area contributed by atoms with Gasteiger partial charge in [-0.05, 0) is 53.1 Å². The van der Waals surface area contributed by atoms with Gasteiger partial charge < -0.3 is 15.3 Å². The van der Waals surface area contributed by atoms with Crippen molar-refractivity contribution in [1.29, 1.82) is 0 Å². The van der Waals surface area contributed by atoms with Crippen molar-refractivity contribution in [2.75, 3.05) is 23.4 Å². The highest BCUT2D eigenvalue weighted by atomic mass is 35.5. The van der Waals surface area contributed by atoms with Gasteiger partial charge in [-0.1, -0.05) is 54.6 Å². The molecule has 0 atom stereocenters. The summed E-state index contributed by atoms with van der Waals surface area (Å²) in [5.41, 5.74) is 0.993. The van der Waals surface area contributed by atoms with Gasteiger partial charge in [-0.25, -0.2) is 0 Å². The Balaban J connectivity index is 1.69. The molecule has 12 nitrogen and oxygen atoms in total. The van der Waals surface area contributed by atoms with Crippen LogP contribution in [0.25, 0.3) is 12.2 Å². The number of halogens is 1. The van der Waals surface area contributed by atoms with Crippen molar-refractivity contribution in [3.8, 4) is 0 Å². The first kappa shape index (κ1) is 29.1. The van der Waals surface area contributed by atoms with Crippen molar-refractivity contribution < 1.29 is 31.0 Å². The molecular weight excluding hydrogens is 582 g/mol. The van der Waals surface area contributed by atoms with Crippen molar-refractivity contribution >= 4 is 67.3 Å². The van der Waals surface area contributed by atoms with E-state index in [2.05, 4.69) is 20.3 Å². The van der Waals surface area contributed by atoms with Crippen LogP contribution in [0.1, 0.15) is 11.1 Å². The highest BCUT2D eigenvalue weighted by molar-refractivity contribution is 7.86. The van der Waals surface area contributed by atoms with Crippen LogP contribution in [0.5, 0.6) is 0 Å². The van der Waals surface area contributed by atoms with Crippen LogP contribution in [0.2, 0.25) is 5.28 Å². The van der Waals surface area contributed by atoms with Crippen molar-refractivity contribution in [3.63, 3.8) is 0 Å². The quantitative estimate of drug-likeness (QED) is 0.151. The molecule has 0 aliphatic heterocycles. The number of aromatic nitrogens is 3. The molecule has 4 N–H and O–H groups in total. The first-order valence-corrected chi connectivity index (χ1v) is 14.7. The highest BCUT2D eigenvalue weighted by Gasteiger charge is 2.18. The molecule has 1 aromatic heterocycles. The summed E-state index contributed by atoms with van der Waals surface area (Å²) in [4.78, 5) is 13.2. The minimum atomic E-state index is -4.74. The maximum absolute atomic E-state index is 12.2. The van der Waals surface area contributed by atoms with Crippen molar-refractivity contribution in [3.05, 3.63) is 89.2 Å². The van der Waals surface area contributed by atoms with Gasteiger partial charge in [-0.3, -0.25) is 9.11 Å². The number of anilines is 4. The molecule has 15 heteroatoms. The number of hydrogen-bond acceptors (Lipinski definition) is 10. The Labute approximate surface area is 235 Å². The van der Waals surface area contributed by atoms with E-state index in [4.69, 9.17) is 11.6 Å². The average Bonchev–Trinajstić information content (AvgIpc) is 2.90. The molecule has 1 heterocycles. The number of para-hydroxylation sites is 1. The lowest BCUT2D eigenvalue weighted by molar-refractivity contribution is 0.305. The van der Waals surface area contributed by atoms with Gasteiger partial charge in [0.1, 0.15) is 9.79 Å². The fraction of sp³-hybridized carbons (Fsp3) is 0.0800. The minimum absolute atomic E-state index is 0.0331. The predicted molar refractivity (Wildman–Crippen MR) is 150 cm³/mol. The number of nitrogens with zero attached hydrogens (tertiary/aromatic N) is 4. The van der Waals surface area contributed by atoms with E-state index in [-0.39, 0.29) is 52.0 Å². The van der Waals surface area contributed by atoms with Crippen LogP contribution >= 0.6 is 11.6 Å². The van der Waals surface area contributed by atoms with Crippen molar-refractivity contribution in [2.24, 2.45) is 0 Å². The van der Waals surface area contributed by atoms with Crippen LogP contribution in [0.4, 0.5) is 23.3 Å². The summed E-state index contributed by atoms with van der Waals surface area (Å²) in [6, 6.07) is 18.6. The molecule has 0 saturated carbocycles. The van der Waals surface area contributed by atoms with E-state index < -0.39 is 25.1 Å². The zero-order valence-corrected chi connectivity index (χ0v) is 22.8. The number of hydrogen-bond donors (Lipinski definition) is 4. The molecule has 208 valence electrons. The molecule has 0 saturated heterocycles. The molecule has 0 unspecified atom stereocenters. The Kier molecular flexibility index (Phi) is 8.78. The van der Waals surface area contributed by atoms with Gasteiger partial charge >= 0.3 is 0 Å². The van der Waals surface area contributed by atoms with Crippen molar-refractivity contribution in [2.45, 2.75) is 9.79 Å². The number of benzene rings is 3. The maximum atomic E-state index is 12.2. The monoisotopic (exact) mass is 603 g/mol. The largest absolute Gasteiger partial charge is 0.395 e. The van der Waals surface area contributed by atoms with Crippen LogP contribution < -0.4 is 10.2 Å². The van der Waals surface area contributed by atoms with Gasteiger partial charge in [0.15, 0.2) is 0 Å². The van der Waals surface area contributed by atoms with E-state index in [1.165, 1.54) is 42.5 Å². The zero-order chi connectivity index (χ0) is 28.9. The Hall–Kier alpha value is -3.92. The number of rotatable bonds is 10. The van der Waals surface area contributed by atoms with Gasteiger partial charge in [-0.15, -0.1) is 0 Å². The van der Waals surface area contributed by atoms with E-state index in [9.17, 15) is 31.0 Å². The predicted octanol–water partition coefficient (Wildman–Crippen LogP) is 4.06. The molecule has 40 heavy (non-hydrogen) atoms. The molecule has 0 aliphatic rings. The maximum Gasteiger partial charge on any atom is 0.295 e. The fourth-order valence-corrected chi connectivity index (χ4v) is 5.25. The van der Waals surface area contributed by atoms with E-state index in [1.807, 2.05) is 6.07 Å². The van der Waals surface area contributed by atoms with Gasteiger partial charge in [0.25, 0.3) is 20.2 Å². The molecule has 3 aromatic carbocycles. The second-order valence-corrected chi connectivity index (χ2v) is 11.3. The molecular formula is C25H22ClN5O7S2. The fourth-order valence-electron chi connectivity index (χ4n) is 3.70. The van der Waals surface area contributed by atoms with Crippen LogP contribution in [0.3, 0.4) is 0 Å². The Morgan fingerprint density at radius 3 is 2.08 bits per heavy atom. The van der Waals surface area contributed by atoms with Crippen LogP contribution in [0, 0.1) is 0 Å². The number of aliphatic hydroxyl groups excluding tert-OH is 1. The lowest BCUT2D eigenvalue weighted by atomic mass is 10.1. The van der Waals surface area contributed by atoms with Crippen LogP contribution in [-0.4, -0.2) is 59.2 Å². The third-order valence-electron chi connectivity index (χ3n) is 5.42. The molecule has 4 rings (SSSR count). The summed E-state index contributed by atoms with van der Waals surface area (Å²) < 4.78 is 67.0. The molecule has 0 fully saturated rings. The van der Waals surface area contributed by atoms with Crippen molar-refractivity contribution in [1.82, 2.24) is 15.0 Å². The molecule has 0 aliphatic carbocycles. The lowest BCUT2D eigenvalue weighted by Gasteiger charge is -2.22. The Morgan fingerprint density at radius 2 is 1.43 bits per heavy atom. The van der Waals surface area contributed by atoms with E-state index in [0.29, 0.717) is 5.69 Å². The summed E-state index contributed by atoms with van der Waals surface area (Å²) in [6.45, 7) is -0.0548. The first-order chi connectivity index (χ1) is 19.0. The molecule has 4 aromatic rings. The molecule has 0 radical (unpaired) electrons. The van der Waals surface area contributed by atoms with Gasteiger partial charge in [-0.2, -0.15) is 31.8 Å². The summed E-state index contributed by atoms with van der Waals surface area (Å²) >= 11 is 6.12. The van der Waals surface area contributed by atoms with E-state index in [0.717, 1.165) is 6.07 Å². The third kappa shape index (κ3) is 7.18. The molecule has 0 bridgehead atoms. The normalized spacial score (nSPS) is 12.0. The number of aliphatic hydroxyl groups is 1. The zero-order valence-electron chi connectivity index (χ0n) is 20.5. The second kappa shape index (κ2) is 12.1. The highest BCUT2D eigenvalue weighted by Crippen LogP contribution is 2.28. The Morgan fingerprint density at radius 1 is 0.800 bits per heavy atom. The topological polar surface area (TPSA) is 183 Å². The SMILES string of the molecule is O=S(=O)(O)c1ccccc1/C=C/c1ccc(Nc2nc(Cl)nc(N(CCO)c3ccccc3)n2)cc1S(=O)(=O)O. The second-order valence-electron chi connectivity index (χ2n) is 8.14. The average molecular weight is 604 g/mol. The van der Waals surface area contributed by atoms with Gasteiger partial charge in [0, 0.05) is 17.9 Å². The summed E-state index contributed by atoms with van der Waals surface area (Å²) in [5, 5.41) is 12.2. The summed E-state index contributed by atoms with van der Waals surface area (Å²) in [6.07, 6.45) is 2.57. The standard InChI is InChI=1S/C25H22ClN5O7S2/c26-23-28-24(30-25(29-23)31(14-15-32)20-7-2-1-3-8-20)27-19-13-12-18(22(16-19)40(36,37)38)11-10-17-6-4-5-9-21(17)39(33,34)35/h1-13,16,32H,14-15H2,(H,33,34,35)(H,36,37,38)(H,27,28,29,30)/b11-10+. The Bertz CT molecular complexity index is 1770. The van der Waals surface area contributed by atoms with Gasteiger partial charge in [0.2, 0.25) is 17.2 Å². The minimum Gasteiger partial charge on any atom is -0.395 e. The summed E-state index contributed by atoms with van der Waals surface area (Å²) in [7, 11) is -9.27. The molecule has 0 spiro atoms. The smallest absolute Gasteiger partial charge is 0.295 e. The van der Waals surface area contributed by atoms with E-state index >= 15 is 0 Å². The molecule has 0 amide bonds. The van der Waals surface area contributed by atoms with Crippen LogP contribution in [-0.2, 0) is 20.2 Å². The first-order valence-electron chi connectivity index (χ1n) is 11.4. The number of nitrogens with one attached hydrogen (secondary N) is 1. The van der Waals surface area contributed by atoms with Crippen LogP contribution in [0.15, 0.2) is 82.6 Å². The van der Waals surface area contributed by atoms with E-state index in [1.54, 1.807) is 35.2 Å². The van der Waals surface area contributed by atoms with Gasteiger partial charge in [0.05, 0.1) is 6.61 Å². The lowest BCUT2D eigenvalue weighted by Crippen LogP contribution is -2.23. The third-order valence-corrected chi connectivity index (χ3v) is 7.42.